The number of carbonyl (C=O) groups excluding carboxylic acids is 1. The van der Waals surface area contributed by atoms with Crippen LogP contribution in [0.5, 0.6) is 5.75 Å². The number of para-hydroxylation sites is 1. The molecule has 168 valence electrons. The van der Waals surface area contributed by atoms with Crippen LogP contribution in [0, 0.1) is 5.82 Å². The summed E-state index contributed by atoms with van der Waals surface area (Å²) in [6.45, 7) is 1.28. The van der Waals surface area contributed by atoms with Gasteiger partial charge in [-0.3, -0.25) is 4.79 Å². The van der Waals surface area contributed by atoms with Crippen molar-refractivity contribution in [3.63, 3.8) is 0 Å². The molecule has 1 aliphatic rings. The molecule has 8 heteroatoms. The third-order valence-electron chi connectivity index (χ3n) is 5.56. The predicted octanol–water partition coefficient (Wildman–Crippen LogP) is 3.00. The molecule has 0 aliphatic carbocycles. The van der Waals surface area contributed by atoms with Gasteiger partial charge in [0.15, 0.2) is 5.96 Å². The lowest BCUT2D eigenvalue weighted by atomic mass is 10.0. The van der Waals surface area contributed by atoms with Crippen molar-refractivity contribution in [2.24, 2.45) is 4.99 Å². The second-order valence-electron chi connectivity index (χ2n) is 8.01. The van der Waals surface area contributed by atoms with E-state index in [1.54, 1.807) is 20.2 Å². The lowest BCUT2D eigenvalue weighted by molar-refractivity contribution is -0.127. The zero-order valence-corrected chi connectivity index (χ0v) is 18.3. The molecule has 0 fully saturated rings. The number of hydrogen-bond donors (Lipinski definition) is 3. The molecule has 1 aromatic heterocycles. The maximum absolute atomic E-state index is 13.4. The number of guanidine groups is 1. The number of fused-ring (bicyclic) bond motifs is 2. The van der Waals surface area contributed by atoms with E-state index >= 15 is 0 Å². The molecule has 2 heterocycles. The van der Waals surface area contributed by atoms with E-state index in [4.69, 9.17) is 4.74 Å². The first-order valence-corrected chi connectivity index (χ1v) is 10.7. The average Bonchev–Trinajstić information content (AvgIpc) is 3.19. The van der Waals surface area contributed by atoms with E-state index in [0.29, 0.717) is 19.1 Å². The third-order valence-corrected chi connectivity index (χ3v) is 5.56. The standard InChI is InChI=1S/C24H28FN5O2/c1-30(2)23(31)15-28-24(29-20-10-12-32-22-6-4-3-5-19(20)22)26-11-9-16-14-27-21-13-17(25)7-8-18(16)21/h3-8,13-14,20,27H,9-12,15H2,1-2H3,(H2,26,28,29). The van der Waals surface area contributed by atoms with Crippen molar-refractivity contribution in [2.75, 3.05) is 33.8 Å². The smallest absolute Gasteiger partial charge is 0.243 e. The van der Waals surface area contributed by atoms with Gasteiger partial charge in [0.2, 0.25) is 5.91 Å². The second-order valence-corrected chi connectivity index (χ2v) is 8.01. The Kier molecular flexibility index (Phi) is 6.58. The molecule has 1 atom stereocenters. The number of ether oxygens (including phenoxy) is 1. The SMILES string of the molecule is CN(C)C(=O)CN=C(NCCc1c[nH]c2cc(F)ccc12)NC1CCOc2ccccc21. The number of halogens is 1. The number of nitrogens with one attached hydrogen (secondary N) is 3. The van der Waals surface area contributed by atoms with E-state index in [9.17, 15) is 9.18 Å². The van der Waals surface area contributed by atoms with Gasteiger partial charge in [-0.2, -0.15) is 0 Å². The Bertz CT molecular complexity index is 1120. The Morgan fingerprint density at radius 1 is 1.28 bits per heavy atom. The summed E-state index contributed by atoms with van der Waals surface area (Å²) in [5.41, 5.74) is 2.95. The number of likely N-dealkylation sites (N-methyl/N-ethyl adjacent to an activating group) is 1. The van der Waals surface area contributed by atoms with Crippen LogP contribution in [0.1, 0.15) is 23.6 Å². The molecule has 3 aromatic rings. The first-order chi connectivity index (χ1) is 15.5. The van der Waals surface area contributed by atoms with Crippen molar-refractivity contribution in [1.82, 2.24) is 20.5 Å². The lowest BCUT2D eigenvalue weighted by Gasteiger charge is -2.28. The van der Waals surface area contributed by atoms with Gasteiger partial charge in [0.1, 0.15) is 18.1 Å². The van der Waals surface area contributed by atoms with E-state index in [2.05, 4.69) is 20.6 Å². The monoisotopic (exact) mass is 437 g/mol. The summed E-state index contributed by atoms with van der Waals surface area (Å²) in [5.74, 6) is 1.11. The molecule has 32 heavy (non-hydrogen) atoms. The zero-order valence-electron chi connectivity index (χ0n) is 18.3. The van der Waals surface area contributed by atoms with Crippen molar-refractivity contribution in [2.45, 2.75) is 18.9 Å². The van der Waals surface area contributed by atoms with Crippen molar-refractivity contribution >= 4 is 22.8 Å². The maximum Gasteiger partial charge on any atom is 0.243 e. The first-order valence-electron chi connectivity index (χ1n) is 10.7. The van der Waals surface area contributed by atoms with Crippen LogP contribution >= 0.6 is 0 Å². The van der Waals surface area contributed by atoms with Crippen LogP contribution in [0.2, 0.25) is 0 Å². The fraction of sp³-hybridized carbons (Fsp3) is 0.333. The van der Waals surface area contributed by atoms with Crippen LogP contribution in [0.4, 0.5) is 4.39 Å². The predicted molar refractivity (Wildman–Crippen MR) is 123 cm³/mol. The highest BCUT2D eigenvalue weighted by Gasteiger charge is 2.22. The molecule has 0 saturated carbocycles. The summed E-state index contributed by atoms with van der Waals surface area (Å²) in [5, 5.41) is 7.81. The topological polar surface area (TPSA) is 81.8 Å². The van der Waals surface area contributed by atoms with Crippen molar-refractivity contribution in [3.8, 4) is 5.75 Å². The summed E-state index contributed by atoms with van der Waals surface area (Å²) in [7, 11) is 3.43. The molecule has 0 saturated heterocycles. The fourth-order valence-electron chi connectivity index (χ4n) is 3.78. The fourth-order valence-corrected chi connectivity index (χ4v) is 3.78. The molecule has 1 amide bonds. The summed E-state index contributed by atoms with van der Waals surface area (Å²) < 4.78 is 19.2. The Hall–Kier alpha value is -3.55. The highest BCUT2D eigenvalue weighted by Crippen LogP contribution is 2.31. The van der Waals surface area contributed by atoms with E-state index in [1.165, 1.54) is 17.0 Å². The van der Waals surface area contributed by atoms with E-state index in [-0.39, 0.29) is 24.3 Å². The average molecular weight is 438 g/mol. The number of aromatic nitrogens is 1. The minimum Gasteiger partial charge on any atom is -0.493 e. The Balaban J connectivity index is 1.46. The van der Waals surface area contributed by atoms with Gasteiger partial charge in [0.25, 0.3) is 0 Å². The van der Waals surface area contributed by atoms with Gasteiger partial charge in [0, 0.05) is 49.7 Å². The summed E-state index contributed by atoms with van der Waals surface area (Å²) in [4.78, 5) is 21.2. The number of H-pyrrole nitrogens is 1. The van der Waals surface area contributed by atoms with E-state index < -0.39 is 0 Å². The highest BCUT2D eigenvalue weighted by atomic mass is 19.1. The number of hydrogen-bond acceptors (Lipinski definition) is 3. The first kappa shape index (κ1) is 21.7. The lowest BCUT2D eigenvalue weighted by Crippen LogP contribution is -2.42. The quantitative estimate of drug-likeness (QED) is 0.409. The molecule has 1 aliphatic heterocycles. The van der Waals surface area contributed by atoms with Crippen LogP contribution in [-0.2, 0) is 11.2 Å². The van der Waals surface area contributed by atoms with Gasteiger partial charge in [0.05, 0.1) is 12.6 Å². The van der Waals surface area contributed by atoms with Gasteiger partial charge in [-0.05, 0) is 36.2 Å². The highest BCUT2D eigenvalue weighted by molar-refractivity contribution is 5.85. The third kappa shape index (κ3) is 5.01. The summed E-state index contributed by atoms with van der Waals surface area (Å²) in [6, 6.07) is 12.7. The largest absolute Gasteiger partial charge is 0.493 e. The van der Waals surface area contributed by atoms with Crippen LogP contribution in [0.25, 0.3) is 10.9 Å². The number of rotatable bonds is 6. The number of carbonyl (C=O) groups is 1. The van der Waals surface area contributed by atoms with Gasteiger partial charge in [-0.15, -0.1) is 0 Å². The van der Waals surface area contributed by atoms with E-state index in [0.717, 1.165) is 40.6 Å². The van der Waals surface area contributed by atoms with Gasteiger partial charge < -0.3 is 25.3 Å². The van der Waals surface area contributed by atoms with Crippen LogP contribution in [-0.4, -0.2) is 55.5 Å². The van der Waals surface area contributed by atoms with Crippen molar-refractivity contribution < 1.29 is 13.9 Å². The number of amides is 1. The molecule has 3 N–H and O–H groups in total. The molecule has 0 spiro atoms. The normalized spacial score (nSPS) is 15.7. The minimum atomic E-state index is -0.259. The number of benzene rings is 2. The molecule has 7 nitrogen and oxygen atoms in total. The second kappa shape index (κ2) is 9.72. The Morgan fingerprint density at radius 2 is 2.12 bits per heavy atom. The molecular weight excluding hydrogens is 409 g/mol. The number of aromatic amines is 1. The van der Waals surface area contributed by atoms with Gasteiger partial charge >= 0.3 is 0 Å². The maximum atomic E-state index is 13.4. The van der Waals surface area contributed by atoms with Crippen molar-refractivity contribution in [1.29, 1.82) is 0 Å². The molecule has 1 unspecified atom stereocenters. The molecular formula is C24H28FN5O2. The molecule has 4 rings (SSSR count). The Morgan fingerprint density at radius 3 is 2.97 bits per heavy atom. The summed E-state index contributed by atoms with van der Waals surface area (Å²) in [6.07, 6.45) is 3.42. The van der Waals surface area contributed by atoms with Crippen LogP contribution in [0.3, 0.4) is 0 Å². The van der Waals surface area contributed by atoms with Crippen molar-refractivity contribution in [3.05, 3.63) is 65.6 Å². The number of nitrogens with zero attached hydrogens (tertiary/aromatic N) is 2. The molecule has 2 aromatic carbocycles. The Labute approximate surface area is 186 Å². The van der Waals surface area contributed by atoms with Gasteiger partial charge in [-0.1, -0.05) is 18.2 Å². The summed E-state index contributed by atoms with van der Waals surface area (Å²) >= 11 is 0. The number of aliphatic imine (C=N–C) groups is 1. The van der Waals surface area contributed by atoms with Crippen LogP contribution in [0.15, 0.2) is 53.7 Å². The molecule has 0 radical (unpaired) electrons. The molecule has 0 bridgehead atoms. The minimum absolute atomic E-state index is 0.0386. The zero-order chi connectivity index (χ0) is 22.5. The van der Waals surface area contributed by atoms with Gasteiger partial charge in [-0.25, -0.2) is 9.38 Å². The van der Waals surface area contributed by atoms with E-state index in [1.807, 2.05) is 30.5 Å². The van der Waals surface area contributed by atoms with Crippen LogP contribution < -0.4 is 15.4 Å².